The van der Waals surface area contributed by atoms with Gasteiger partial charge in [0, 0.05) is 13.1 Å². The van der Waals surface area contributed by atoms with Crippen LogP contribution >= 0.6 is 0 Å². The molecule has 3 heteroatoms. The van der Waals surface area contributed by atoms with Crippen molar-refractivity contribution in [2.24, 2.45) is 11.7 Å². The first kappa shape index (κ1) is 14.3. The van der Waals surface area contributed by atoms with E-state index < -0.39 is 0 Å². The molecule has 1 atom stereocenters. The number of carbonyl (C=O) groups excluding carboxylic acids is 1. The summed E-state index contributed by atoms with van der Waals surface area (Å²) in [7, 11) is 0. The summed E-state index contributed by atoms with van der Waals surface area (Å²) in [6.07, 6.45) is 0.679. The lowest BCUT2D eigenvalue weighted by Gasteiger charge is -2.15. The molecular weight excluding hydrogens is 248 g/mol. The molecule has 0 aliphatic carbocycles. The maximum Gasteiger partial charge on any atom is 0.224 e. The number of carbonyl (C=O) groups is 1. The molecular formula is C17H20N2O. The molecule has 2 rings (SSSR count). The highest BCUT2D eigenvalue weighted by molar-refractivity contribution is 5.79. The van der Waals surface area contributed by atoms with Gasteiger partial charge < -0.3 is 11.1 Å². The summed E-state index contributed by atoms with van der Waals surface area (Å²) < 4.78 is 0. The van der Waals surface area contributed by atoms with E-state index in [0.29, 0.717) is 19.5 Å². The lowest BCUT2D eigenvalue weighted by atomic mass is 9.98. The minimum Gasteiger partial charge on any atom is -0.352 e. The van der Waals surface area contributed by atoms with Crippen molar-refractivity contribution in [3.05, 3.63) is 71.8 Å². The summed E-state index contributed by atoms with van der Waals surface area (Å²) in [5.41, 5.74) is 7.96. The molecule has 0 fully saturated rings. The minimum absolute atomic E-state index is 0.0141. The Kier molecular flexibility index (Phi) is 5.33. The van der Waals surface area contributed by atoms with Gasteiger partial charge in [-0.05, 0) is 17.5 Å². The van der Waals surface area contributed by atoms with E-state index in [4.69, 9.17) is 5.73 Å². The van der Waals surface area contributed by atoms with Crippen LogP contribution in [0.5, 0.6) is 0 Å². The Morgan fingerprint density at radius 3 is 2.05 bits per heavy atom. The molecule has 0 aliphatic rings. The molecule has 0 saturated carbocycles. The molecule has 0 saturated heterocycles. The van der Waals surface area contributed by atoms with E-state index in [0.717, 1.165) is 11.1 Å². The Hall–Kier alpha value is -2.13. The quantitative estimate of drug-likeness (QED) is 0.843. The largest absolute Gasteiger partial charge is 0.352 e. The average molecular weight is 268 g/mol. The molecule has 0 aliphatic heterocycles. The summed E-state index contributed by atoms with van der Waals surface area (Å²) in [5, 5.41) is 2.95. The predicted octanol–water partition coefficient (Wildman–Crippen LogP) is 2.12. The van der Waals surface area contributed by atoms with E-state index in [2.05, 4.69) is 5.32 Å². The van der Waals surface area contributed by atoms with Crippen molar-refractivity contribution >= 4 is 5.91 Å². The number of rotatable bonds is 6. The third-order valence-corrected chi connectivity index (χ3v) is 3.29. The van der Waals surface area contributed by atoms with Gasteiger partial charge in [0.2, 0.25) is 5.91 Å². The van der Waals surface area contributed by atoms with Gasteiger partial charge in [0.25, 0.3) is 0 Å². The first-order valence-electron chi connectivity index (χ1n) is 6.85. The number of nitrogens with one attached hydrogen (secondary N) is 1. The van der Waals surface area contributed by atoms with Crippen LogP contribution in [0.3, 0.4) is 0 Å². The molecule has 3 N–H and O–H groups in total. The molecule has 2 aromatic rings. The lowest BCUT2D eigenvalue weighted by molar-refractivity contribution is -0.124. The van der Waals surface area contributed by atoms with Gasteiger partial charge in [0.1, 0.15) is 0 Å². The first-order chi connectivity index (χ1) is 9.79. The van der Waals surface area contributed by atoms with Crippen molar-refractivity contribution in [3.8, 4) is 0 Å². The van der Waals surface area contributed by atoms with E-state index in [1.807, 2.05) is 60.7 Å². The summed E-state index contributed by atoms with van der Waals surface area (Å²) in [6, 6.07) is 19.8. The number of amides is 1. The second-order valence-corrected chi connectivity index (χ2v) is 4.83. The van der Waals surface area contributed by atoms with Crippen molar-refractivity contribution in [3.63, 3.8) is 0 Å². The summed E-state index contributed by atoms with van der Waals surface area (Å²) >= 11 is 0. The summed E-state index contributed by atoms with van der Waals surface area (Å²) in [5.74, 6) is -0.165. The van der Waals surface area contributed by atoms with Gasteiger partial charge in [-0.3, -0.25) is 4.79 Å². The first-order valence-corrected chi connectivity index (χ1v) is 6.85. The highest BCUT2D eigenvalue weighted by atomic mass is 16.1. The number of hydrogen-bond acceptors (Lipinski definition) is 2. The van der Waals surface area contributed by atoms with Gasteiger partial charge >= 0.3 is 0 Å². The Bertz CT molecular complexity index is 525. The second kappa shape index (κ2) is 7.46. The zero-order valence-corrected chi connectivity index (χ0v) is 11.5. The second-order valence-electron chi connectivity index (χ2n) is 4.83. The molecule has 3 nitrogen and oxygen atoms in total. The lowest BCUT2D eigenvalue weighted by Crippen LogP contribution is -2.35. The smallest absolute Gasteiger partial charge is 0.224 e. The number of nitrogens with two attached hydrogens (primary N) is 1. The van der Waals surface area contributed by atoms with Crippen LogP contribution in [0.4, 0.5) is 0 Å². The van der Waals surface area contributed by atoms with Crippen LogP contribution in [-0.4, -0.2) is 12.5 Å². The summed E-state index contributed by atoms with van der Waals surface area (Å²) in [6.45, 7) is 0.903. The van der Waals surface area contributed by atoms with Crippen molar-refractivity contribution in [1.29, 1.82) is 0 Å². The third-order valence-electron chi connectivity index (χ3n) is 3.29. The maximum atomic E-state index is 12.2. The SMILES string of the molecule is NCC(Cc1ccccc1)C(=O)NCc1ccccc1. The normalized spacial score (nSPS) is 11.8. The topological polar surface area (TPSA) is 55.1 Å². The van der Waals surface area contributed by atoms with Crippen LogP contribution in [0.15, 0.2) is 60.7 Å². The molecule has 0 aromatic heterocycles. The van der Waals surface area contributed by atoms with Crippen LogP contribution in [0.1, 0.15) is 11.1 Å². The van der Waals surface area contributed by atoms with Gasteiger partial charge in [0.05, 0.1) is 5.92 Å². The van der Waals surface area contributed by atoms with Gasteiger partial charge in [-0.2, -0.15) is 0 Å². The van der Waals surface area contributed by atoms with Crippen LogP contribution in [0.25, 0.3) is 0 Å². The third kappa shape index (κ3) is 4.21. The maximum absolute atomic E-state index is 12.2. The average Bonchev–Trinajstić information content (AvgIpc) is 2.52. The van der Waals surface area contributed by atoms with Crippen LogP contribution in [0.2, 0.25) is 0 Å². The zero-order valence-electron chi connectivity index (χ0n) is 11.5. The highest BCUT2D eigenvalue weighted by Gasteiger charge is 2.16. The van der Waals surface area contributed by atoms with Crippen LogP contribution < -0.4 is 11.1 Å². The highest BCUT2D eigenvalue weighted by Crippen LogP contribution is 2.08. The van der Waals surface area contributed by atoms with Gasteiger partial charge in [-0.25, -0.2) is 0 Å². The monoisotopic (exact) mass is 268 g/mol. The molecule has 2 aromatic carbocycles. The van der Waals surface area contributed by atoms with E-state index >= 15 is 0 Å². The van der Waals surface area contributed by atoms with E-state index in [-0.39, 0.29) is 11.8 Å². The van der Waals surface area contributed by atoms with Crippen LogP contribution in [0, 0.1) is 5.92 Å². The van der Waals surface area contributed by atoms with Crippen molar-refractivity contribution in [1.82, 2.24) is 5.32 Å². The molecule has 0 radical (unpaired) electrons. The predicted molar refractivity (Wildman–Crippen MR) is 81.0 cm³/mol. The van der Waals surface area contributed by atoms with E-state index in [1.165, 1.54) is 0 Å². The van der Waals surface area contributed by atoms with Crippen molar-refractivity contribution in [2.75, 3.05) is 6.54 Å². The fourth-order valence-electron chi connectivity index (χ4n) is 2.11. The standard InChI is InChI=1S/C17H20N2O/c18-12-16(11-14-7-3-1-4-8-14)17(20)19-13-15-9-5-2-6-10-15/h1-10,16H,11-13,18H2,(H,19,20). The molecule has 1 unspecified atom stereocenters. The fraction of sp³-hybridized carbons (Fsp3) is 0.235. The molecule has 104 valence electrons. The Balaban J connectivity index is 1.89. The Labute approximate surface area is 119 Å². The molecule has 0 heterocycles. The fourth-order valence-corrected chi connectivity index (χ4v) is 2.11. The van der Waals surface area contributed by atoms with Gasteiger partial charge in [-0.15, -0.1) is 0 Å². The van der Waals surface area contributed by atoms with Crippen LogP contribution in [-0.2, 0) is 17.8 Å². The minimum atomic E-state index is -0.180. The Morgan fingerprint density at radius 1 is 0.950 bits per heavy atom. The van der Waals surface area contributed by atoms with Crippen molar-refractivity contribution in [2.45, 2.75) is 13.0 Å². The molecule has 0 spiro atoms. The number of hydrogen-bond donors (Lipinski definition) is 2. The van der Waals surface area contributed by atoms with Gasteiger partial charge in [-0.1, -0.05) is 60.7 Å². The molecule has 20 heavy (non-hydrogen) atoms. The molecule has 1 amide bonds. The summed E-state index contributed by atoms with van der Waals surface area (Å²) in [4.78, 5) is 12.2. The van der Waals surface area contributed by atoms with Gasteiger partial charge in [0.15, 0.2) is 0 Å². The van der Waals surface area contributed by atoms with Crippen molar-refractivity contribution < 1.29 is 4.79 Å². The Morgan fingerprint density at radius 2 is 1.50 bits per heavy atom. The van der Waals surface area contributed by atoms with E-state index in [9.17, 15) is 4.79 Å². The van der Waals surface area contributed by atoms with E-state index in [1.54, 1.807) is 0 Å². The number of benzene rings is 2. The molecule has 0 bridgehead atoms. The zero-order chi connectivity index (χ0) is 14.2.